The van der Waals surface area contributed by atoms with Gasteiger partial charge in [0, 0.05) is 24.7 Å². The Labute approximate surface area is 162 Å². The van der Waals surface area contributed by atoms with Crippen molar-refractivity contribution in [1.29, 1.82) is 0 Å². The van der Waals surface area contributed by atoms with Gasteiger partial charge in [-0.15, -0.1) is 0 Å². The molecule has 1 N–H and O–H groups in total. The number of likely N-dealkylation sites (N-methyl/N-ethyl adjacent to an activating group) is 1. The highest BCUT2D eigenvalue weighted by molar-refractivity contribution is 5.48. The van der Waals surface area contributed by atoms with Crippen molar-refractivity contribution in [2.75, 3.05) is 31.6 Å². The average Bonchev–Trinajstić information content (AvgIpc) is 2.91. The molecule has 1 aromatic carbocycles. The van der Waals surface area contributed by atoms with Gasteiger partial charge in [0.2, 0.25) is 0 Å². The molecule has 1 aliphatic heterocycles. The quantitative estimate of drug-likeness (QED) is 0.897. The molecule has 27 heavy (non-hydrogen) atoms. The highest BCUT2D eigenvalue weighted by Gasteiger charge is 2.53. The van der Waals surface area contributed by atoms with Crippen LogP contribution in [0.3, 0.4) is 0 Å². The molecular formula is C23H31N3O. The van der Waals surface area contributed by atoms with Gasteiger partial charge in [-0.2, -0.15) is 0 Å². The fourth-order valence-corrected chi connectivity index (χ4v) is 5.20. The SMILES string of the molecule is CCCN(C)[C@@H]1c2ccccc2C2(CCN(c3cc(C)ccn3)CC2)[C@H]1O. The van der Waals surface area contributed by atoms with Crippen LogP contribution in [-0.4, -0.2) is 47.8 Å². The normalized spacial score (nSPS) is 23.8. The minimum atomic E-state index is -0.348. The molecule has 0 unspecified atom stereocenters. The highest BCUT2D eigenvalue weighted by atomic mass is 16.3. The molecule has 2 atom stereocenters. The van der Waals surface area contributed by atoms with Crippen molar-refractivity contribution < 1.29 is 5.11 Å². The summed E-state index contributed by atoms with van der Waals surface area (Å²) >= 11 is 0. The van der Waals surface area contributed by atoms with Crippen molar-refractivity contribution in [3.8, 4) is 0 Å². The number of benzene rings is 1. The van der Waals surface area contributed by atoms with E-state index in [0.29, 0.717) is 0 Å². The highest BCUT2D eigenvalue weighted by Crippen LogP contribution is 2.52. The van der Waals surface area contributed by atoms with E-state index in [1.54, 1.807) is 0 Å². The Kier molecular flexibility index (Phi) is 4.95. The van der Waals surface area contributed by atoms with Crippen molar-refractivity contribution in [1.82, 2.24) is 9.88 Å². The molecule has 4 heteroatoms. The molecule has 1 aliphatic carbocycles. The van der Waals surface area contributed by atoms with E-state index in [0.717, 1.165) is 44.7 Å². The monoisotopic (exact) mass is 365 g/mol. The maximum atomic E-state index is 11.5. The Morgan fingerprint density at radius 2 is 1.96 bits per heavy atom. The zero-order valence-electron chi connectivity index (χ0n) is 16.7. The summed E-state index contributed by atoms with van der Waals surface area (Å²) in [5.74, 6) is 1.06. The smallest absolute Gasteiger partial charge is 0.128 e. The molecule has 4 rings (SSSR count). The summed E-state index contributed by atoms with van der Waals surface area (Å²) in [5.41, 5.74) is 3.79. The zero-order valence-corrected chi connectivity index (χ0v) is 16.7. The van der Waals surface area contributed by atoms with Crippen LogP contribution in [0, 0.1) is 6.92 Å². The number of aliphatic hydroxyl groups excluding tert-OH is 1. The first-order chi connectivity index (χ1) is 13.1. The molecule has 4 nitrogen and oxygen atoms in total. The third-order valence-electron chi connectivity index (χ3n) is 6.61. The fourth-order valence-electron chi connectivity index (χ4n) is 5.20. The predicted molar refractivity (Wildman–Crippen MR) is 110 cm³/mol. The number of hydrogen-bond donors (Lipinski definition) is 1. The Morgan fingerprint density at radius 3 is 2.67 bits per heavy atom. The number of anilines is 1. The Morgan fingerprint density at radius 1 is 1.22 bits per heavy atom. The second kappa shape index (κ2) is 7.25. The summed E-state index contributed by atoms with van der Waals surface area (Å²) in [6, 6.07) is 13.0. The summed E-state index contributed by atoms with van der Waals surface area (Å²) in [6.45, 7) is 7.19. The fraction of sp³-hybridized carbons (Fsp3) is 0.522. The largest absolute Gasteiger partial charge is 0.390 e. The lowest BCUT2D eigenvalue weighted by molar-refractivity contribution is 0.00901. The molecule has 2 aromatic rings. The standard InChI is InChI=1S/C23H31N3O/c1-4-13-25(3)21-18-7-5-6-8-19(18)23(22(21)27)10-14-26(15-11-23)20-16-17(2)9-12-24-20/h5-9,12,16,21-22,27H,4,10-11,13-15H2,1-3H3/t21-,22+/m1/s1. The third kappa shape index (κ3) is 3.05. The van der Waals surface area contributed by atoms with E-state index in [2.05, 4.69) is 66.0 Å². The number of aromatic nitrogens is 1. The molecule has 144 valence electrons. The van der Waals surface area contributed by atoms with Crippen LogP contribution in [0.5, 0.6) is 0 Å². The summed E-state index contributed by atoms with van der Waals surface area (Å²) in [7, 11) is 2.15. The second-order valence-corrected chi connectivity index (χ2v) is 8.29. The maximum absolute atomic E-state index is 11.5. The minimum Gasteiger partial charge on any atom is -0.390 e. The lowest BCUT2D eigenvalue weighted by Crippen LogP contribution is -2.49. The Hall–Kier alpha value is -1.91. The Bertz CT molecular complexity index is 798. The van der Waals surface area contributed by atoms with E-state index in [1.807, 2.05) is 12.3 Å². The van der Waals surface area contributed by atoms with Crippen LogP contribution in [0.15, 0.2) is 42.6 Å². The van der Waals surface area contributed by atoms with Gasteiger partial charge in [-0.25, -0.2) is 4.98 Å². The number of fused-ring (bicyclic) bond motifs is 2. The molecule has 0 radical (unpaired) electrons. The van der Waals surface area contributed by atoms with Gasteiger partial charge in [0.05, 0.1) is 12.1 Å². The first-order valence-corrected chi connectivity index (χ1v) is 10.2. The molecule has 0 amide bonds. The number of rotatable bonds is 4. The van der Waals surface area contributed by atoms with Crippen LogP contribution in [0.2, 0.25) is 0 Å². The van der Waals surface area contributed by atoms with Crippen molar-refractivity contribution in [2.45, 2.75) is 50.7 Å². The first kappa shape index (κ1) is 18.5. The van der Waals surface area contributed by atoms with Crippen molar-refractivity contribution in [3.05, 3.63) is 59.3 Å². The van der Waals surface area contributed by atoms with E-state index in [9.17, 15) is 5.11 Å². The molecule has 1 fully saturated rings. The van der Waals surface area contributed by atoms with Crippen LogP contribution in [0.25, 0.3) is 0 Å². The van der Waals surface area contributed by atoms with Crippen LogP contribution >= 0.6 is 0 Å². The number of hydrogen-bond acceptors (Lipinski definition) is 4. The van der Waals surface area contributed by atoms with Gasteiger partial charge in [-0.1, -0.05) is 31.2 Å². The van der Waals surface area contributed by atoms with Gasteiger partial charge in [0.1, 0.15) is 5.82 Å². The maximum Gasteiger partial charge on any atom is 0.128 e. The van der Waals surface area contributed by atoms with Crippen molar-refractivity contribution in [3.63, 3.8) is 0 Å². The van der Waals surface area contributed by atoms with Gasteiger partial charge in [-0.3, -0.25) is 4.90 Å². The van der Waals surface area contributed by atoms with Gasteiger partial charge in [0.25, 0.3) is 0 Å². The molecule has 1 saturated heterocycles. The molecule has 1 spiro atoms. The summed E-state index contributed by atoms with van der Waals surface area (Å²) < 4.78 is 0. The van der Waals surface area contributed by atoms with Crippen LogP contribution in [-0.2, 0) is 5.41 Å². The van der Waals surface area contributed by atoms with E-state index >= 15 is 0 Å². The van der Waals surface area contributed by atoms with E-state index in [1.165, 1.54) is 16.7 Å². The topological polar surface area (TPSA) is 39.6 Å². The summed E-state index contributed by atoms with van der Waals surface area (Å²) in [6.07, 6.45) is 4.58. The van der Waals surface area contributed by atoms with Gasteiger partial charge < -0.3 is 10.0 Å². The number of aliphatic hydroxyl groups is 1. The second-order valence-electron chi connectivity index (χ2n) is 8.29. The minimum absolute atomic E-state index is 0.102. The lowest BCUT2D eigenvalue weighted by atomic mass is 9.72. The molecule has 0 bridgehead atoms. The van der Waals surface area contributed by atoms with Crippen molar-refractivity contribution >= 4 is 5.82 Å². The number of pyridine rings is 1. The van der Waals surface area contributed by atoms with E-state index < -0.39 is 0 Å². The predicted octanol–water partition coefficient (Wildman–Crippen LogP) is 3.69. The van der Waals surface area contributed by atoms with Crippen LogP contribution < -0.4 is 4.90 Å². The Balaban J connectivity index is 1.62. The van der Waals surface area contributed by atoms with Gasteiger partial charge in [0.15, 0.2) is 0 Å². The lowest BCUT2D eigenvalue weighted by Gasteiger charge is -2.44. The molecular weight excluding hydrogens is 334 g/mol. The van der Waals surface area contributed by atoms with Gasteiger partial charge in [-0.05, 0) is 68.6 Å². The first-order valence-electron chi connectivity index (χ1n) is 10.2. The number of piperidine rings is 1. The summed E-state index contributed by atoms with van der Waals surface area (Å²) in [5, 5.41) is 11.5. The van der Waals surface area contributed by atoms with Gasteiger partial charge >= 0.3 is 0 Å². The number of nitrogens with zero attached hydrogens (tertiary/aromatic N) is 3. The molecule has 2 heterocycles. The molecule has 1 aromatic heterocycles. The molecule has 2 aliphatic rings. The number of aryl methyl sites for hydroxylation is 1. The van der Waals surface area contributed by atoms with Crippen LogP contribution in [0.1, 0.15) is 48.9 Å². The third-order valence-corrected chi connectivity index (χ3v) is 6.61. The van der Waals surface area contributed by atoms with E-state index in [-0.39, 0.29) is 17.6 Å². The summed E-state index contributed by atoms with van der Waals surface area (Å²) in [4.78, 5) is 9.28. The van der Waals surface area contributed by atoms with Crippen molar-refractivity contribution in [2.24, 2.45) is 0 Å². The van der Waals surface area contributed by atoms with Crippen LogP contribution in [0.4, 0.5) is 5.82 Å². The zero-order chi connectivity index (χ0) is 19.0. The average molecular weight is 366 g/mol. The van der Waals surface area contributed by atoms with E-state index in [4.69, 9.17) is 0 Å². The molecule has 0 saturated carbocycles.